The van der Waals surface area contributed by atoms with E-state index < -0.39 is 0 Å². The van der Waals surface area contributed by atoms with Crippen LogP contribution in [0.1, 0.15) is 32.6 Å². The summed E-state index contributed by atoms with van der Waals surface area (Å²) in [5.74, 6) is 1.92. The van der Waals surface area contributed by atoms with Crippen LogP contribution < -0.4 is 9.64 Å². The van der Waals surface area contributed by atoms with Gasteiger partial charge in [0.1, 0.15) is 23.4 Å². The van der Waals surface area contributed by atoms with Crippen LogP contribution in [-0.2, 0) is 9.47 Å². The number of H-pyrrole nitrogens is 1. The van der Waals surface area contributed by atoms with Crippen LogP contribution in [-0.4, -0.2) is 64.3 Å². The standard InChI is InChI=1S/C22H28N6O3/c1-22(6-7-22)31-19-10-15-17(12-23-19)26-27-20(15)16-11-18(25-13-24-16)28-8-4-14(5-9-28)21(29-2)30-3/h10-14,21H,4-9H2,1-3H3,(H,26,27). The number of pyridine rings is 1. The molecule has 4 heterocycles. The molecular formula is C22H28N6O3. The number of piperidine rings is 1. The first kappa shape index (κ1) is 20.1. The van der Waals surface area contributed by atoms with Gasteiger partial charge >= 0.3 is 0 Å². The van der Waals surface area contributed by atoms with E-state index in [4.69, 9.17) is 14.2 Å². The Hall–Kier alpha value is -2.78. The summed E-state index contributed by atoms with van der Waals surface area (Å²) in [6, 6.07) is 3.95. The highest BCUT2D eigenvalue weighted by atomic mass is 16.7. The first-order valence-electron chi connectivity index (χ1n) is 10.7. The molecule has 0 aromatic carbocycles. The highest BCUT2D eigenvalue weighted by Crippen LogP contribution is 2.40. The normalized spacial score (nSPS) is 18.6. The highest BCUT2D eigenvalue weighted by Gasteiger charge is 2.40. The number of rotatable bonds is 7. The number of fused-ring (bicyclic) bond motifs is 1. The lowest BCUT2D eigenvalue weighted by Gasteiger charge is -2.35. The molecule has 0 bridgehead atoms. The lowest BCUT2D eigenvalue weighted by atomic mass is 9.96. The molecule has 1 saturated carbocycles. The molecule has 2 aliphatic rings. The molecule has 0 atom stereocenters. The predicted octanol–water partition coefficient (Wildman–Crippen LogP) is 3.18. The van der Waals surface area contributed by atoms with Crippen molar-refractivity contribution in [2.45, 2.75) is 44.5 Å². The molecule has 0 unspecified atom stereocenters. The Balaban J connectivity index is 1.37. The number of aromatic nitrogens is 5. The Morgan fingerprint density at radius 3 is 2.58 bits per heavy atom. The van der Waals surface area contributed by atoms with E-state index >= 15 is 0 Å². The number of aromatic amines is 1. The van der Waals surface area contributed by atoms with E-state index in [0.717, 1.165) is 66.9 Å². The summed E-state index contributed by atoms with van der Waals surface area (Å²) in [4.78, 5) is 15.7. The van der Waals surface area contributed by atoms with Crippen molar-refractivity contribution in [3.63, 3.8) is 0 Å². The minimum Gasteiger partial charge on any atom is -0.471 e. The quantitative estimate of drug-likeness (QED) is 0.578. The molecule has 31 heavy (non-hydrogen) atoms. The van der Waals surface area contributed by atoms with Crippen LogP contribution in [0.5, 0.6) is 5.88 Å². The van der Waals surface area contributed by atoms with Crippen LogP contribution in [0.25, 0.3) is 22.3 Å². The lowest BCUT2D eigenvalue weighted by molar-refractivity contribution is -0.141. The number of hydrogen-bond acceptors (Lipinski definition) is 8. The Kier molecular flexibility index (Phi) is 5.23. The van der Waals surface area contributed by atoms with E-state index in [0.29, 0.717) is 11.8 Å². The van der Waals surface area contributed by atoms with Gasteiger partial charge in [0.05, 0.1) is 17.4 Å². The van der Waals surface area contributed by atoms with Crippen LogP contribution in [0.2, 0.25) is 0 Å². The van der Waals surface area contributed by atoms with Gasteiger partial charge in [-0.1, -0.05) is 0 Å². The fraction of sp³-hybridized carbons (Fsp3) is 0.545. The van der Waals surface area contributed by atoms with Crippen molar-refractivity contribution in [3.05, 3.63) is 24.7 Å². The molecule has 9 nitrogen and oxygen atoms in total. The van der Waals surface area contributed by atoms with Gasteiger partial charge in [0.15, 0.2) is 6.29 Å². The van der Waals surface area contributed by atoms with Crippen molar-refractivity contribution in [1.82, 2.24) is 25.1 Å². The fourth-order valence-corrected chi connectivity index (χ4v) is 4.21. The second-order valence-electron chi connectivity index (χ2n) is 8.62. The zero-order chi connectivity index (χ0) is 21.4. The molecule has 1 N–H and O–H groups in total. The Morgan fingerprint density at radius 1 is 1.10 bits per heavy atom. The molecule has 0 radical (unpaired) electrons. The summed E-state index contributed by atoms with van der Waals surface area (Å²) in [7, 11) is 3.39. The number of nitrogens with zero attached hydrogens (tertiary/aromatic N) is 5. The van der Waals surface area contributed by atoms with Gasteiger partial charge in [0, 0.05) is 50.7 Å². The first-order chi connectivity index (χ1) is 15.1. The van der Waals surface area contributed by atoms with Gasteiger partial charge in [-0.25, -0.2) is 15.0 Å². The van der Waals surface area contributed by atoms with Crippen LogP contribution in [0, 0.1) is 5.92 Å². The highest BCUT2D eigenvalue weighted by molar-refractivity contribution is 5.92. The monoisotopic (exact) mass is 424 g/mol. The minimum atomic E-state index is -0.151. The van der Waals surface area contributed by atoms with Gasteiger partial charge in [0.2, 0.25) is 5.88 Å². The third kappa shape index (κ3) is 4.07. The third-order valence-corrected chi connectivity index (χ3v) is 6.34. The zero-order valence-electron chi connectivity index (χ0n) is 18.2. The van der Waals surface area contributed by atoms with Gasteiger partial charge in [-0.05, 0) is 32.6 Å². The second kappa shape index (κ2) is 8.05. The van der Waals surface area contributed by atoms with Gasteiger partial charge in [-0.15, -0.1) is 0 Å². The van der Waals surface area contributed by atoms with Gasteiger partial charge in [-0.2, -0.15) is 5.10 Å². The number of anilines is 1. The molecule has 3 aromatic heterocycles. The van der Waals surface area contributed by atoms with E-state index in [1.54, 1.807) is 26.7 Å². The van der Waals surface area contributed by atoms with Gasteiger partial charge < -0.3 is 19.1 Å². The zero-order valence-corrected chi connectivity index (χ0v) is 18.2. The molecule has 5 rings (SSSR count). The topological polar surface area (TPSA) is 98.3 Å². The minimum absolute atomic E-state index is 0.0799. The Labute approximate surface area is 181 Å². The predicted molar refractivity (Wildman–Crippen MR) is 116 cm³/mol. The average Bonchev–Trinajstić information content (AvgIpc) is 3.37. The van der Waals surface area contributed by atoms with Crippen molar-refractivity contribution < 1.29 is 14.2 Å². The van der Waals surface area contributed by atoms with E-state index in [1.807, 2.05) is 12.1 Å². The number of nitrogens with one attached hydrogen (secondary N) is 1. The van der Waals surface area contributed by atoms with E-state index in [1.165, 1.54) is 0 Å². The van der Waals surface area contributed by atoms with Crippen molar-refractivity contribution in [2.24, 2.45) is 5.92 Å². The molecule has 0 amide bonds. The summed E-state index contributed by atoms with van der Waals surface area (Å²) in [6.07, 6.45) is 7.32. The fourth-order valence-electron chi connectivity index (χ4n) is 4.21. The molecule has 1 aliphatic heterocycles. The Morgan fingerprint density at radius 2 is 1.87 bits per heavy atom. The molecule has 3 aromatic rings. The second-order valence-corrected chi connectivity index (χ2v) is 8.62. The van der Waals surface area contributed by atoms with Gasteiger partial charge in [0.25, 0.3) is 0 Å². The summed E-state index contributed by atoms with van der Waals surface area (Å²) in [6.45, 7) is 3.90. The SMILES string of the molecule is COC(OC)C1CCN(c2cc(-c3n[nH]c4cnc(OC5(C)CC5)cc34)ncn2)CC1. The summed E-state index contributed by atoms with van der Waals surface area (Å²) in [5.41, 5.74) is 2.33. The maximum atomic E-state index is 6.03. The smallest absolute Gasteiger partial charge is 0.214 e. The van der Waals surface area contributed by atoms with Crippen LogP contribution in [0.4, 0.5) is 5.82 Å². The molecule has 1 aliphatic carbocycles. The third-order valence-electron chi connectivity index (χ3n) is 6.34. The van der Waals surface area contributed by atoms with E-state index in [2.05, 4.69) is 37.0 Å². The van der Waals surface area contributed by atoms with Crippen molar-refractivity contribution in [1.29, 1.82) is 0 Å². The van der Waals surface area contributed by atoms with Crippen LogP contribution in [0.3, 0.4) is 0 Å². The lowest BCUT2D eigenvalue weighted by Crippen LogP contribution is -2.39. The number of ether oxygens (including phenoxy) is 3. The maximum Gasteiger partial charge on any atom is 0.214 e. The molecule has 0 spiro atoms. The van der Waals surface area contributed by atoms with Crippen LogP contribution in [0.15, 0.2) is 24.7 Å². The van der Waals surface area contributed by atoms with Crippen molar-refractivity contribution >= 4 is 16.7 Å². The number of methoxy groups -OCH3 is 2. The van der Waals surface area contributed by atoms with Crippen molar-refractivity contribution in [3.8, 4) is 17.3 Å². The van der Waals surface area contributed by atoms with Crippen molar-refractivity contribution in [2.75, 3.05) is 32.2 Å². The van der Waals surface area contributed by atoms with E-state index in [9.17, 15) is 0 Å². The molecule has 1 saturated heterocycles. The molecule has 2 fully saturated rings. The first-order valence-corrected chi connectivity index (χ1v) is 10.7. The van der Waals surface area contributed by atoms with Gasteiger partial charge in [-0.3, -0.25) is 5.10 Å². The summed E-state index contributed by atoms with van der Waals surface area (Å²) >= 11 is 0. The van der Waals surface area contributed by atoms with E-state index in [-0.39, 0.29) is 11.9 Å². The maximum absolute atomic E-state index is 6.03. The largest absolute Gasteiger partial charge is 0.471 e. The summed E-state index contributed by atoms with van der Waals surface area (Å²) in [5, 5.41) is 8.50. The molecule has 164 valence electrons. The molecule has 9 heteroatoms. The van der Waals surface area contributed by atoms with Crippen LogP contribution >= 0.6 is 0 Å². The summed E-state index contributed by atoms with van der Waals surface area (Å²) < 4.78 is 16.9. The molecular weight excluding hydrogens is 396 g/mol. The average molecular weight is 425 g/mol. The Bertz CT molecular complexity index is 1050. The number of hydrogen-bond donors (Lipinski definition) is 1.